The van der Waals surface area contributed by atoms with Crippen molar-refractivity contribution in [1.82, 2.24) is 0 Å². The molecule has 0 aliphatic rings. The maximum absolute atomic E-state index is 12.2. The molecular formula is C18H19N3O5. The molecule has 2 N–H and O–H groups in total. The molecule has 136 valence electrons. The number of amides is 1. The monoisotopic (exact) mass is 357 g/mol. The van der Waals surface area contributed by atoms with Gasteiger partial charge in [-0.3, -0.25) is 14.9 Å². The Balaban J connectivity index is 2.07. The van der Waals surface area contributed by atoms with Crippen LogP contribution in [-0.4, -0.2) is 30.5 Å². The lowest BCUT2D eigenvalue weighted by Crippen LogP contribution is -2.22. The Bertz CT molecular complexity index is 844. The molecule has 0 unspecified atom stereocenters. The Morgan fingerprint density at radius 2 is 1.81 bits per heavy atom. The third-order valence-corrected chi connectivity index (χ3v) is 3.78. The molecule has 0 heterocycles. The standard InChI is InChI=1S/C18H19N3O5/c1-11-5-4-6-12(2)17(11)20-16(22)10-26-18(23)14-9-13(21(24)25)7-8-15(14)19-3/h4-9,19H,10H2,1-3H3,(H,20,22). The van der Waals surface area contributed by atoms with E-state index in [2.05, 4.69) is 10.6 Å². The topological polar surface area (TPSA) is 111 Å². The van der Waals surface area contributed by atoms with Gasteiger partial charge in [-0.15, -0.1) is 0 Å². The number of esters is 1. The summed E-state index contributed by atoms with van der Waals surface area (Å²) in [6, 6.07) is 9.38. The van der Waals surface area contributed by atoms with E-state index in [0.29, 0.717) is 11.4 Å². The third kappa shape index (κ3) is 4.35. The number of hydrogen-bond acceptors (Lipinski definition) is 6. The van der Waals surface area contributed by atoms with Crippen LogP contribution in [0.4, 0.5) is 17.1 Å². The molecule has 26 heavy (non-hydrogen) atoms. The minimum absolute atomic E-state index is 0.0124. The average molecular weight is 357 g/mol. The van der Waals surface area contributed by atoms with Gasteiger partial charge in [-0.2, -0.15) is 0 Å². The summed E-state index contributed by atoms with van der Waals surface area (Å²) in [7, 11) is 1.58. The SMILES string of the molecule is CNc1ccc([N+](=O)[O-])cc1C(=O)OCC(=O)Nc1c(C)cccc1C. The van der Waals surface area contributed by atoms with Gasteiger partial charge in [-0.05, 0) is 31.0 Å². The second-order valence-electron chi connectivity index (χ2n) is 5.63. The first kappa shape index (κ1) is 18.9. The molecule has 0 bridgehead atoms. The molecule has 0 aliphatic carbocycles. The summed E-state index contributed by atoms with van der Waals surface area (Å²) >= 11 is 0. The van der Waals surface area contributed by atoms with Gasteiger partial charge in [0.1, 0.15) is 0 Å². The van der Waals surface area contributed by atoms with Gasteiger partial charge in [0, 0.05) is 30.6 Å². The number of ether oxygens (including phenoxy) is 1. The number of nitro groups is 1. The second kappa shape index (κ2) is 8.11. The third-order valence-electron chi connectivity index (χ3n) is 3.78. The van der Waals surface area contributed by atoms with Crippen LogP contribution in [0.5, 0.6) is 0 Å². The zero-order chi connectivity index (χ0) is 19.3. The Labute approximate surface area is 150 Å². The van der Waals surface area contributed by atoms with Gasteiger partial charge < -0.3 is 15.4 Å². The minimum atomic E-state index is -0.824. The van der Waals surface area contributed by atoms with E-state index in [4.69, 9.17) is 4.74 Å². The smallest absolute Gasteiger partial charge is 0.341 e. The van der Waals surface area contributed by atoms with Crippen molar-refractivity contribution >= 4 is 28.9 Å². The number of nitrogens with one attached hydrogen (secondary N) is 2. The summed E-state index contributed by atoms with van der Waals surface area (Å²) in [5.41, 5.74) is 2.56. The minimum Gasteiger partial charge on any atom is -0.452 e. The van der Waals surface area contributed by atoms with Crippen molar-refractivity contribution in [2.24, 2.45) is 0 Å². The number of carbonyl (C=O) groups excluding carboxylic acids is 2. The lowest BCUT2D eigenvalue weighted by Gasteiger charge is -2.12. The zero-order valence-electron chi connectivity index (χ0n) is 14.7. The molecular weight excluding hydrogens is 338 g/mol. The Hall–Kier alpha value is -3.42. The highest BCUT2D eigenvalue weighted by Gasteiger charge is 2.19. The molecule has 0 atom stereocenters. The van der Waals surface area contributed by atoms with E-state index in [1.54, 1.807) is 7.05 Å². The van der Waals surface area contributed by atoms with Crippen molar-refractivity contribution in [2.45, 2.75) is 13.8 Å². The van der Waals surface area contributed by atoms with E-state index >= 15 is 0 Å². The Morgan fingerprint density at radius 3 is 2.38 bits per heavy atom. The van der Waals surface area contributed by atoms with Crippen LogP contribution >= 0.6 is 0 Å². The van der Waals surface area contributed by atoms with Crippen LogP contribution in [0.15, 0.2) is 36.4 Å². The second-order valence-corrected chi connectivity index (χ2v) is 5.63. The largest absolute Gasteiger partial charge is 0.452 e. The number of anilines is 2. The van der Waals surface area contributed by atoms with E-state index in [-0.39, 0.29) is 11.3 Å². The molecule has 1 amide bonds. The first-order valence-electron chi connectivity index (χ1n) is 7.83. The molecule has 8 heteroatoms. The van der Waals surface area contributed by atoms with E-state index in [1.165, 1.54) is 12.1 Å². The van der Waals surface area contributed by atoms with E-state index in [0.717, 1.165) is 17.2 Å². The fourth-order valence-electron chi connectivity index (χ4n) is 2.43. The normalized spacial score (nSPS) is 10.1. The molecule has 0 aliphatic heterocycles. The van der Waals surface area contributed by atoms with Gasteiger partial charge >= 0.3 is 5.97 Å². The van der Waals surface area contributed by atoms with Crippen molar-refractivity contribution in [3.05, 3.63) is 63.2 Å². The molecule has 2 aromatic rings. The van der Waals surface area contributed by atoms with Gasteiger partial charge in [0.2, 0.25) is 0 Å². The molecule has 8 nitrogen and oxygen atoms in total. The van der Waals surface area contributed by atoms with Crippen LogP contribution < -0.4 is 10.6 Å². The van der Waals surface area contributed by atoms with Crippen LogP contribution in [0.25, 0.3) is 0 Å². The quantitative estimate of drug-likeness (QED) is 0.467. The maximum Gasteiger partial charge on any atom is 0.341 e. The summed E-state index contributed by atoms with van der Waals surface area (Å²) in [6.07, 6.45) is 0. The summed E-state index contributed by atoms with van der Waals surface area (Å²) < 4.78 is 5.01. The number of benzene rings is 2. The first-order valence-corrected chi connectivity index (χ1v) is 7.83. The number of hydrogen-bond donors (Lipinski definition) is 2. The van der Waals surface area contributed by atoms with Gasteiger partial charge in [0.15, 0.2) is 6.61 Å². The summed E-state index contributed by atoms with van der Waals surface area (Å²) in [5, 5.41) is 16.3. The lowest BCUT2D eigenvalue weighted by atomic mass is 10.1. The van der Waals surface area contributed by atoms with Crippen molar-refractivity contribution in [3.8, 4) is 0 Å². The number of para-hydroxylation sites is 1. The average Bonchev–Trinajstić information content (AvgIpc) is 2.62. The van der Waals surface area contributed by atoms with Crippen LogP contribution in [0.1, 0.15) is 21.5 Å². The summed E-state index contributed by atoms with van der Waals surface area (Å²) in [4.78, 5) is 34.6. The van der Waals surface area contributed by atoms with E-state index < -0.39 is 23.4 Å². The Kier molecular flexibility index (Phi) is 5.90. The number of rotatable bonds is 6. The molecule has 0 spiro atoms. The van der Waals surface area contributed by atoms with Gasteiger partial charge in [-0.25, -0.2) is 4.79 Å². The number of carbonyl (C=O) groups is 2. The van der Waals surface area contributed by atoms with Crippen molar-refractivity contribution < 1.29 is 19.2 Å². The highest BCUT2D eigenvalue weighted by atomic mass is 16.6. The predicted octanol–water partition coefficient (Wildman–Crippen LogP) is 3.05. The first-order chi connectivity index (χ1) is 12.3. The zero-order valence-corrected chi connectivity index (χ0v) is 14.7. The van der Waals surface area contributed by atoms with E-state index in [1.807, 2.05) is 32.0 Å². The fourth-order valence-corrected chi connectivity index (χ4v) is 2.43. The van der Waals surface area contributed by atoms with Gasteiger partial charge in [0.25, 0.3) is 11.6 Å². The lowest BCUT2D eigenvalue weighted by molar-refractivity contribution is -0.384. The molecule has 2 rings (SSSR count). The van der Waals surface area contributed by atoms with E-state index in [9.17, 15) is 19.7 Å². The number of nitro benzene ring substituents is 1. The highest BCUT2D eigenvalue weighted by Crippen LogP contribution is 2.23. The van der Waals surface area contributed by atoms with Gasteiger partial charge in [-0.1, -0.05) is 18.2 Å². The molecule has 0 radical (unpaired) electrons. The van der Waals surface area contributed by atoms with Crippen molar-refractivity contribution in [3.63, 3.8) is 0 Å². The molecule has 0 saturated heterocycles. The van der Waals surface area contributed by atoms with Crippen LogP contribution in [0.3, 0.4) is 0 Å². The van der Waals surface area contributed by atoms with Crippen molar-refractivity contribution in [1.29, 1.82) is 0 Å². The van der Waals surface area contributed by atoms with Crippen LogP contribution in [0, 0.1) is 24.0 Å². The highest BCUT2D eigenvalue weighted by molar-refractivity contribution is 5.99. The van der Waals surface area contributed by atoms with Crippen LogP contribution in [-0.2, 0) is 9.53 Å². The van der Waals surface area contributed by atoms with Crippen molar-refractivity contribution in [2.75, 3.05) is 24.3 Å². The number of nitrogens with zero attached hydrogens (tertiary/aromatic N) is 1. The molecule has 0 saturated carbocycles. The summed E-state index contributed by atoms with van der Waals surface area (Å²) in [6.45, 7) is 3.21. The Morgan fingerprint density at radius 1 is 1.15 bits per heavy atom. The number of aryl methyl sites for hydroxylation is 2. The predicted molar refractivity (Wildman–Crippen MR) is 97.5 cm³/mol. The number of non-ortho nitro benzene ring substituents is 1. The molecule has 0 aromatic heterocycles. The maximum atomic E-state index is 12.2. The summed E-state index contributed by atoms with van der Waals surface area (Å²) in [5.74, 6) is -1.32. The van der Waals surface area contributed by atoms with Gasteiger partial charge in [0.05, 0.1) is 10.5 Å². The molecule has 0 fully saturated rings. The van der Waals surface area contributed by atoms with Crippen LogP contribution in [0.2, 0.25) is 0 Å². The molecule has 2 aromatic carbocycles. The fraction of sp³-hybridized carbons (Fsp3) is 0.222.